The molecule has 0 bridgehead atoms. The molecular formula is C26H26N2O. The van der Waals surface area contributed by atoms with Crippen LogP contribution in [0.5, 0.6) is 5.75 Å². The molecule has 0 aliphatic carbocycles. The van der Waals surface area contributed by atoms with E-state index in [0.29, 0.717) is 6.61 Å². The fourth-order valence-electron chi connectivity index (χ4n) is 3.68. The molecule has 3 heteroatoms. The highest BCUT2D eigenvalue weighted by molar-refractivity contribution is 5.75. The van der Waals surface area contributed by atoms with E-state index in [1.807, 2.05) is 30.3 Å². The van der Waals surface area contributed by atoms with E-state index in [9.17, 15) is 0 Å². The third-order valence-corrected chi connectivity index (χ3v) is 5.12. The number of para-hydroxylation sites is 3. The van der Waals surface area contributed by atoms with E-state index in [4.69, 9.17) is 9.72 Å². The van der Waals surface area contributed by atoms with Gasteiger partial charge < -0.3 is 9.30 Å². The molecule has 0 fully saturated rings. The van der Waals surface area contributed by atoms with Crippen LogP contribution in [0.15, 0.2) is 91.5 Å². The first-order valence-corrected chi connectivity index (χ1v) is 10.1. The van der Waals surface area contributed by atoms with Gasteiger partial charge in [-0.15, -0.1) is 6.58 Å². The largest absolute Gasteiger partial charge is 0.491 e. The van der Waals surface area contributed by atoms with E-state index in [0.717, 1.165) is 42.9 Å². The first-order chi connectivity index (χ1) is 14.3. The number of rotatable bonds is 9. The van der Waals surface area contributed by atoms with E-state index in [-0.39, 0.29) is 0 Å². The Bertz CT molecular complexity index is 1080. The molecule has 0 aliphatic heterocycles. The monoisotopic (exact) mass is 382 g/mol. The van der Waals surface area contributed by atoms with Crippen LogP contribution in [-0.2, 0) is 25.8 Å². The smallest absolute Gasteiger partial charge is 0.122 e. The third-order valence-electron chi connectivity index (χ3n) is 5.12. The highest BCUT2D eigenvalue weighted by Crippen LogP contribution is 2.21. The Morgan fingerprint density at radius 2 is 1.62 bits per heavy atom. The molecule has 0 saturated carbocycles. The number of aryl methyl sites for hydroxylation is 2. The molecule has 0 aliphatic rings. The van der Waals surface area contributed by atoms with Gasteiger partial charge in [-0.2, -0.15) is 0 Å². The maximum atomic E-state index is 6.13. The molecule has 146 valence electrons. The Hall–Kier alpha value is -3.33. The normalized spacial score (nSPS) is 10.9. The van der Waals surface area contributed by atoms with Gasteiger partial charge in [-0.25, -0.2) is 4.98 Å². The third kappa shape index (κ3) is 4.57. The van der Waals surface area contributed by atoms with Crippen molar-refractivity contribution in [2.45, 2.75) is 25.8 Å². The number of imidazole rings is 1. The van der Waals surface area contributed by atoms with Gasteiger partial charge in [-0.05, 0) is 42.2 Å². The molecule has 0 N–H and O–H groups in total. The molecule has 4 rings (SSSR count). The Labute approximate surface area is 172 Å². The SMILES string of the molecule is C=CCc1ccccc1OCCn1c(CCc2ccccc2)nc2ccccc21. The second-order valence-electron chi connectivity index (χ2n) is 7.10. The summed E-state index contributed by atoms with van der Waals surface area (Å²) in [7, 11) is 0. The summed E-state index contributed by atoms with van der Waals surface area (Å²) in [5, 5.41) is 0. The minimum atomic E-state index is 0.604. The first kappa shape index (κ1) is 19.0. The summed E-state index contributed by atoms with van der Waals surface area (Å²) in [4.78, 5) is 4.89. The van der Waals surface area contributed by atoms with Crippen molar-refractivity contribution in [2.24, 2.45) is 0 Å². The van der Waals surface area contributed by atoms with Gasteiger partial charge in [0.05, 0.1) is 17.6 Å². The summed E-state index contributed by atoms with van der Waals surface area (Å²) < 4.78 is 8.43. The van der Waals surface area contributed by atoms with Crippen LogP contribution in [0.2, 0.25) is 0 Å². The summed E-state index contributed by atoms with van der Waals surface area (Å²) >= 11 is 0. The number of fused-ring (bicyclic) bond motifs is 1. The van der Waals surface area contributed by atoms with E-state index >= 15 is 0 Å². The standard InChI is InChI=1S/C26H26N2O/c1-2-10-22-13-6-9-16-25(22)29-20-19-28-24-15-8-7-14-23(24)27-26(28)18-17-21-11-4-3-5-12-21/h2-9,11-16H,1,10,17-20H2. The summed E-state index contributed by atoms with van der Waals surface area (Å²) in [5.74, 6) is 2.04. The Balaban J connectivity index is 1.51. The van der Waals surface area contributed by atoms with Gasteiger partial charge in [0.1, 0.15) is 18.2 Å². The van der Waals surface area contributed by atoms with Gasteiger partial charge in [0.25, 0.3) is 0 Å². The molecule has 1 heterocycles. The van der Waals surface area contributed by atoms with Crippen molar-refractivity contribution in [1.82, 2.24) is 9.55 Å². The van der Waals surface area contributed by atoms with Gasteiger partial charge in [0.15, 0.2) is 0 Å². The number of hydrogen-bond acceptors (Lipinski definition) is 2. The van der Waals surface area contributed by atoms with E-state index < -0.39 is 0 Å². The Morgan fingerprint density at radius 3 is 2.48 bits per heavy atom. The molecule has 3 aromatic carbocycles. The van der Waals surface area contributed by atoms with Crippen LogP contribution >= 0.6 is 0 Å². The molecule has 0 atom stereocenters. The van der Waals surface area contributed by atoms with Gasteiger partial charge in [0, 0.05) is 6.42 Å². The Kier molecular flexibility index (Phi) is 6.06. The maximum Gasteiger partial charge on any atom is 0.122 e. The predicted molar refractivity (Wildman–Crippen MR) is 119 cm³/mol. The molecule has 4 aromatic rings. The predicted octanol–water partition coefficient (Wildman–Crippen LogP) is 5.63. The Morgan fingerprint density at radius 1 is 0.862 bits per heavy atom. The minimum Gasteiger partial charge on any atom is -0.491 e. The van der Waals surface area contributed by atoms with Crippen LogP contribution in [0.1, 0.15) is 17.0 Å². The molecule has 0 spiro atoms. The van der Waals surface area contributed by atoms with Gasteiger partial charge in [0.2, 0.25) is 0 Å². The van der Waals surface area contributed by atoms with Crippen LogP contribution in [0.4, 0.5) is 0 Å². The minimum absolute atomic E-state index is 0.604. The lowest BCUT2D eigenvalue weighted by molar-refractivity contribution is 0.296. The number of hydrogen-bond donors (Lipinski definition) is 0. The first-order valence-electron chi connectivity index (χ1n) is 10.1. The van der Waals surface area contributed by atoms with Gasteiger partial charge >= 0.3 is 0 Å². The van der Waals surface area contributed by atoms with Gasteiger partial charge in [-0.1, -0.05) is 66.7 Å². The van der Waals surface area contributed by atoms with Gasteiger partial charge in [-0.3, -0.25) is 0 Å². The number of nitrogens with zero attached hydrogens (tertiary/aromatic N) is 2. The zero-order valence-electron chi connectivity index (χ0n) is 16.6. The zero-order valence-corrected chi connectivity index (χ0v) is 16.6. The van der Waals surface area contributed by atoms with E-state index in [1.54, 1.807) is 0 Å². The molecule has 1 aromatic heterocycles. The number of allylic oxidation sites excluding steroid dienone is 1. The van der Waals surface area contributed by atoms with Crippen molar-refractivity contribution in [3.05, 3.63) is 108 Å². The topological polar surface area (TPSA) is 27.1 Å². The lowest BCUT2D eigenvalue weighted by Crippen LogP contribution is -2.12. The van der Waals surface area contributed by atoms with Crippen molar-refractivity contribution in [3.63, 3.8) is 0 Å². The number of ether oxygens (including phenoxy) is 1. The lowest BCUT2D eigenvalue weighted by atomic mass is 10.1. The average Bonchev–Trinajstić information content (AvgIpc) is 3.12. The quantitative estimate of drug-likeness (QED) is 0.351. The van der Waals surface area contributed by atoms with Crippen LogP contribution in [0.25, 0.3) is 11.0 Å². The summed E-state index contributed by atoms with van der Waals surface area (Å²) in [6, 6.07) is 27.1. The van der Waals surface area contributed by atoms with Crippen LogP contribution in [0.3, 0.4) is 0 Å². The second kappa shape index (κ2) is 9.24. The zero-order chi connectivity index (χ0) is 19.9. The van der Waals surface area contributed by atoms with Crippen molar-refractivity contribution >= 4 is 11.0 Å². The van der Waals surface area contributed by atoms with Crippen molar-refractivity contribution in [1.29, 1.82) is 0 Å². The van der Waals surface area contributed by atoms with Crippen molar-refractivity contribution in [2.75, 3.05) is 6.61 Å². The molecule has 0 amide bonds. The second-order valence-corrected chi connectivity index (χ2v) is 7.10. The fourth-order valence-corrected chi connectivity index (χ4v) is 3.68. The molecule has 0 saturated heterocycles. The summed E-state index contributed by atoms with van der Waals surface area (Å²) in [6.07, 6.45) is 4.61. The summed E-state index contributed by atoms with van der Waals surface area (Å²) in [6.45, 7) is 5.22. The van der Waals surface area contributed by atoms with Crippen LogP contribution in [0, 0.1) is 0 Å². The number of aromatic nitrogens is 2. The molecule has 29 heavy (non-hydrogen) atoms. The average molecular weight is 383 g/mol. The highest BCUT2D eigenvalue weighted by Gasteiger charge is 2.11. The molecule has 0 radical (unpaired) electrons. The van der Waals surface area contributed by atoms with E-state index in [1.165, 1.54) is 16.6 Å². The molecule has 0 unspecified atom stereocenters. The highest BCUT2D eigenvalue weighted by atomic mass is 16.5. The van der Waals surface area contributed by atoms with Crippen molar-refractivity contribution in [3.8, 4) is 5.75 Å². The maximum absolute atomic E-state index is 6.13. The molecular weight excluding hydrogens is 356 g/mol. The fraction of sp³-hybridized carbons (Fsp3) is 0.192. The lowest BCUT2D eigenvalue weighted by Gasteiger charge is -2.13. The van der Waals surface area contributed by atoms with Crippen LogP contribution in [-0.4, -0.2) is 16.2 Å². The van der Waals surface area contributed by atoms with E-state index in [2.05, 4.69) is 65.7 Å². The van der Waals surface area contributed by atoms with Crippen molar-refractivity contribution < 1.29 is 4.74 Å². The molecule has 3 nitrogen and oxygen atoms in total. The van der Waals surface area contributed by atoms with Crippen LogP contribution < -0.4 is 4.74 Å². The number of benzene rings is 3. The summed E-state index contributed by atoms with van der Waals surface area (Å²) in [5.41, 5.74) is 4.71.